The first-order valence-electron chi connectivity index (χ1n) is 10.2. The molecule has 0 fully saturated rings. The minimum Gasteiger partial charge on any atom is -0.336 e. The van der Waals surface area contributed by atoms with Crippen molar-refractivity contribution in [1.82, 2.24) is 19.4 Å². The Morgan fingerprint density at radius 2 is 1.74 bits per heavy atom. The van der Waals surface area contributed by atoms with Crippen LogP contribution in [0, 0.1) is 23.3 Å². The second-order valence-corrected chi connectivity index (χ2v) is 8.83. The lowest BCUT2D eigenvalue weighted by Crippen LogP contribution is -2.28. The van der Waals surface area contributed by atoms with Crippen molar-refractivity contribution in [2.45, 2.75) is 17.5 Å². The molecule has 0 saturated carbocycles. The molecule has 35 heavy (non-hydrogen) atoms. The number of nitrogens with zero attached hydrogens (tertiary/aromatic N) is 4. The summed E-state index contributed by atoms with van der Waals surface area (Å²) in [6.07, 6.45) is 2.85. The summed E-state index contributed by atoms with van der Waals surface area (Å²) < 4.78 is 56.9. The lowest BCUT2D eigenvalue weighted by Gasteiger charge is -2.19. The van der Waals surface area contributed by atoms with Crippen LogP contribution in [0.2, 0.25) is 5.15 Å². The number of imidazole rings is 1. The molecule has 0 radical (unpaired) electrons. The number of carbonyl (C=O) groups is 1. The van der Waals surface area contributed by atoms with E-state index in [0.29, 0.717) is 11.8 Å². The number of benzene rings is 2. The minimum absolute atomic E-state index is 0.141. The van der Waals surface area contributed by atoms with Crippen LogP contribution >= 0.6 is 23.4 Å². The van der Waals surface area contributed by atoms with Gasteiger partial charge in [0, 0.05) is 36.8 Å². The fraction of sp³-hybridized carbons (Fsp3) is 0.125. The first-order valence-corrected chi connectivity index (χ1v) is 11.6. The Balaban J connectivity index is 1.67. The van der Waals surface area contributed by atoms with Crippen LogP contribution in [0.25, 0.3) is 5.69 Å². The fourth-order valence-corrected chi connectivity index (χ4v) is 4.54. The molecular formula is C24H17ClF4N4OS. The summed E-state index contributed by atoms with van der Waals surface area (Å²) in [5.41, 5.74) is 0.848. The number of carbonyl (C=O) groups excluding carboxylic acids is 1. The first kappa shape index (κ1) is 24.7. The number of hydrogen-bond acceptors (Lipinski definition) is 4. The van der Waals surface area contributed by atoms with E-state index in [1.54, 1.807) is 19.2 Å². The summed E-state index contributed by atoms with van der Waals surface area (Å²) in [7, 11) is 1.59. The molecule has 0 spiro atoms. The Hall–Kier alpha value is -3.37. The van der Waals surface area contributed by atoms with Gasteiger partial charge in [-0.15, -0.1) is 0 Å². The predicted molar refractivity (Wildman–Crippen MR) is 124 cm³/mol. The number of amides is 1. The van der Waals surface area contributed by atoms with E-state index in [9.17, 15) is 22.4 Å². The molecule has 2 aromatic carbocycles. The van der Waals surface area contributed by atoms with Gasteiger partial charge in [0.1, 0.15) is 22.5 Å². The van der Waals surface area contributed by atoms with Crippen molar-refractivity contribution in [3.8, 4) is 5.69 Å². The van der Waals surface area contributed by atoms with Gasteiger partial charge >= 0.3 is 0 Å². The summed E-state index contributed by atoms with van der Waals surface area (Å²) >= 11 is 6.83. The van der Waals surface area contributed by atoms with Crippen molar-refractivity contribution in [2.75, 3.05) is 7.05 Å². The van der Waals surface area contributed by atoms with Crippen LogP contribution in [-0.4, -0.2) is 32.4 Å². The second-order valence-electron chi connectivity index (χ2n) is 7.50. The fourth-order valence-electron chi connectivity index (χ4n) is 3.35. The van der Waals surface area contributed by atoms with Gasteiger partial charge in [-0.1, -0.05) is 23.4 Å². The Morgan fingerprint density at radius 3 is 2.46 bits per heavy atom. The van der Waals surface area contributed by atoms with Crippen molar-refractivity contribution < 1.29 is 22.4 Å². The molecule has 2 heterocycles. The molecule has 0 aliphatic heterocycles. The number of halogens is 5. The van der Waals surface area contributed by atoms with Gasteiger partial charge in [-0.25, -0.2) is 27.5 Å². The van der Waals surface area contributed by atoms with Crippen LogP contribution in [0.5, 0.6) is 0 Å². The van der Waals surface area contributed by atoms with Gasteiger partial charge in [0.15, 0.2) is 16.8 Å². The van der Waals surface area contributed by atoms with Gasteiger partial charge in [0.05, 0.1) is 6.20 Å². The van der Waals surface area contributed by atoms with Crippen molar-refractivity contribution in [1.29, 1.82) is 0 Å². The summed E-state index contributed by atoms with van der Waals surface area (Å²) in [5.74, 6) is -4.53. The zero-order valence-electron chi connectivity index (χ0n) is 18.2. The second kappa shape index (κ2) is 10.5. The molecule has 0 saturated heterocycles. The third-order valence-corrected chi connectivity index (χ3v) is 6.26. The predicted octanol–water partition coefficient (Wildman–Crippen LogP) is 6.04. The van der Waals surface area contributed by atoms with Gasteiger partial charge in [-0.2, -0.15) is 0 Å². The molecule has 4 aromatic rings. The Bertz CT molecular complexity index is 1380. The number of hydrogen-bond donors (Lipinski definition) is 0. The van der Waals surface area contributed by atoms with E-state index in [2.05, 4.69) is 9.97 Å². The summed E-state index contributed by atoms with van der Waals surface area (Å²) in [6.45, 7) is 0.220. The minimum atomic E-state index is -1.29. The molecule has 0 unspecified atom stereocenters. The van der Waals surface area contributed by atoms with Crippen molar-refractivity contribution in [3.05, 3.63) is 106 Å². The van der Waals surface area contributed by atoms with Crippen molar-refractivity contribution >= 4 is 29.3 Å². The van der Waals surface area contributed by atoms with Crippen LogP contribution in [0.3, 0.4) is 0 Å². The van der Waals surface area contributed by atoms with E-state index in [-0.39, 0.29) is 28.3 Å². The Labute approximate surface area is 207 Å². The van der Waals surface area contributed by atoms with Crippen molar-refractivity contribution in [2.24, 2.45) is 0 Å². The van der Waals surface area contributed by atoms with Crippen LogP contribution in [-0.2, 0) is 12.3 Å². The van der Waals surface area contributed by atoms with Crippen molar-refractivity contribution in [3.63, 3.8) is 0 Å². The lowest BCUT2D eigenvalue weighted by molar-refractivity contribution is 0.0776. The normalized spacial score (nSPS) is 11.0. The van der Waals surface area contributed by atoms with E-state index in [1.807, 2.05) is 0 Å². The molecule has 0 aliphatic carbocycles. The number of rotatable bonds is 7. The van der Waals surface area contributed by atoms with Gasteiger partial charge < -0.3 is 4.90 Å². The highest BCUT2D eigenvalue weighted by Crippen LogP contribution is 2.29. The highest BCUT2D eigenvalue weighted by molar-refractivity contribution is 7.98. The molecule has 0 bridgehead atoms. The average Bonchev–Trinajstić information content (AvgIpc) is 3.25. The smallest absolute Gasteiger partial charge is 0.272 e. The number of thioether (sulfide) groups is 1. The maximum absolute atomic E-state index is 14.1. The lowest BCUT2D eigenvalue weighted by atomic mass is 10.2. The van der Waals surface area contributed by atoms with Gasteiger partial charge in [-0.3, -0.25) is 9.36 Å². The summed E-state index contributed by atoms with van der Waals surface area (Å²) in [6, 6.07) is 10.2. The maximum atomic E-state index is 14.1. The van der Waals surface area contributed by atoms with Gasteiger partial charge in [-0.05, 0) is 54.1 Å². The summed E-state index contributed by atoms with van der Waals surface area (Å²) in [5, 5.41) is 0.499. The van der Waals surface area contributed by atoms with Crippen LogP contribution < -0.4 is 0 Å². The number of pyridine rings is 1. The molecule has 5 nitrogen and oxygen atoms in total. The molecule has 0 atom stereocenters. The third kappa shape index (κ3) is 5.49. The highest BCUT2D eigenvalue weighted by atomic mass is 35.5. The van der Waals surface area contributed by atoms with E-state index >= 15 is 0 Å². The molecule has 180 valence electrons. The Morgan fingerprint density at radius 1 is 1.03 bits per heavy atom. The molecule has 0 N–H and O–H groups in total. The van der Waals surface area contributed by atoms with Crippen LogP contribution in [0.4, 0.5) is 17.6 Å². The first-order chi connectivity index (χ1) is 16.7. The summed E-state index contributed by atoms with van der Waals surface area (Å²) in [4.78, 5) is 22.9. The molecule has 0 aliphatic rings. The van der Waals surface area contributed by atoms with E-state index < -0.39 is 34.7 Å². The van der Waals surface area contributed by atoms with E-state index in [0.717, 1.165) is 23.4 Å². The SMILES string of the molecule is CN(Cc1ccnc(Cl)c1)C(=O)c1cnc(SCc2c(F)ccc(F)c2F)n1-c1ccc(F)cc1. The van der Waals surface area contributed by atoms with Gasteiger partial charge in [0.25, 0.3) is 5.91 Å². The quantitative estimate of drug-likeness (QED) is 0.129. The van der Waals surface area contributed by atoms with Crippen LogP contribution in [0.1, 0.15) is 21.6 Å². The van der Waals surface area contributed by atoms with Gasteiger partial charge in [0.2, 0.25) is 0 Å². The number of aromatic nitrogens is 3. The monoisotopic (exact) mass is 520 g/mol. The standard InChI is InChI=1S/C24H17ClF4N4OS/c1-32(12-14-8-9-30-21(25)10-14)23(34)20-11-31-24(33(20)16-4-2-15(26)3-5-16)35-13-17-18(27)6-7-19(28)22(17)29/h2-11H,12-13H2,1H3. The zero-order valence-corrected chi connectivity index (χ0v) is 19.8. The molecule has 2 aromatic heterocycles. The highest BCUT2D eigenvalue weighted by Gasteiger charge is 2.23. The molecular weight excluding hydrogens is 504 g/mol. The molecule has 1 amide bonds. The third-order valence-electron chi connectivity index (χ3n) is 5.08. The average molecular weight is 521 g/mol. The zero-order chi connectivity index (χ0) is 25.1. The molecule has 4 rings (SSSR count). The molecule has 11 heteroatoms. The topological polar surface area (TPSA) is 51.0 Å². The maximum Gasteiger partial charge on any atom is 0.272 e. The van der Waals surface area contributed by atoms with E-state index in [4.69, 9.17) is 11.6 Å². The van der Waals surface area contributed by atoms with E-state index in [1.165, 1.54) is 46.1 Å². The van der Waals surface area contributed by atoms with Crippen LogP contribution in [0.15, 0.2) is 66.1 Å². The largest absolute Gasteiger partial charge is 0.336 e. The Kier molecular flexibility index (Phi) is 7.42.